The highest BCUT2D eigenvalue weighted by Gasteiger charge is 2.55. The highest BCUT2D eigenvalue weighted by Crippen LogP contribution is 2.62. The number of nitrogens with one attached hydrogen (secondary N) is 1. The summed E-state index contributed by atoms with van der Waals surface area (Å²) in [5.74, 6) is 0. The van der Waals surface area contributed by atoms with Crippen molar-refractivity contribution >= 4 is 6.41 Å². The molecule has 2 saturated carbocycles. The van der Waals surface area contributed by atoms with Gasteiger partial charge in [0, 0.05) is 5.54 Å². The molecular weight excluding hydrogens is 210 g/mol. The number of amides is 1. The zero-order valence-corrected chi connectivity index (χ0v) is 12.0. The Morgan fingerprint density at radius 2 is 1.29 bits per heavy atom. The number of hydrogen-bond donors (Lipinski definition) is 1. The average molecular weight is 237 g/mol. The number of hydrogen-bond acceptors (Lipinski definition) is 1. The Balaban J connectivity index is 2.30. The van der Waals surface area contributed by atoms with E-state index in [1.54, 1.807) is 0 Å². The van der Waals surface area contributed by atoms with Crippen LogP contribution in [0.1, 0.15) is 66.7 Å². The molecule has 0 aromatic heterocycles. The van der Waals surface area contributed by atoms with Crippen molar-refractivity contribution in [2.75, 3.05) is 0 Å². The predicted octanol–water partition coefficient (Wildman–Crippen LogP) is 3.51. The molecule has 2 aliphatic rings. The summed E-state index contributed by atoms with van der Waals surface area (Å²) in [6.45, 7) is 11.8. The summed E-state index contributed by atoms with van der Waals surface area (Å²) in [5.41, 5.74) is 1.23. The molecule has 2 atom stereocenters. The first-order valence-corrected chi connectivity index (χ1v) is 6.81. The van der Waals surface area contributed by atoms with Gasteiger partial charge in [-0.15, -0.1) is 0 Å². The SMILES string of the molecule is CC1(C)CC2(C)CC(C)(C1)CC(C)(NC=O)C2. The van der Waals surface area contributed by atoms with Crippen LogP contribution in [0.2, 0.25) is 0 Å². The topological polar surface area (TPSA) is 29.1 Å². The largest absolute Gasteiger partial charge is 0.353 e. The Morgan fingerprint density at radius 1 is 0.824 bits per heavy atom. The Labute approximate surface area is 106 Å². The zero-order valence-electron chi connectivity index (χ0n) is 12.0. The Bertz CT molecular complexity index is 306. The molecule has 0 aliphatic heterocycles. The molecule has 2 aliphatic carbocycles. The van der Waals surface area contributed by atoms with Gasteiger partial charge in [0.25, 0.3) is 0 Å². The van der Waals surface area contributed by atoms with Gasteiger partial charge in [0.05, 0.1) is 0 Å². The molecule has 2 heteroatoms. The summed E-state index contributed by atoms with van der Waals surface area (Å²) in [7, 11) is 0. The third kappa shape index (κ3) is 2.51. The Hall–Kier alpha value is -0.530. The highest BCUT2D eigenvalue weighted by atomic mass is 16.1. The van der Waals surface area contributed by atoms with Gasteiger partial charge < -0.3 is 5.32 Å². The quantitative estimate of drug-likeness (QED) is 0.732. The van der Waals surface area contributed by atoms with Crippen molar-refractivity contribution in [3.8, 4) is 0 Å². The van der Waals surface area contributed by atoms with Gasteiger partial charge in [-0.05, 0) is 55.3 Å². The van der Waals surface area contributed by atoms with E-state index in [-0.39, 0.29) is 5.54 Å². The zero-order chi connectivity index (χ0) is 12.9. The molecule has 2 bridgehead atoms. The fourth-order valence-corrected chi connectivity index (χ4v) is 5.97. The average Bonchev–Trinajstić information content (AvgIpc) is 1.91. The molecule has 0 aromatic carbocycles. The summed E-state index contributed by atoms with van der Waals surface area (Å²) < 4.78 is 0. The fraction of sp³-hybridized carbons (Fsp3) is 0.933. The number of fused-ring (bicyclic) bond motifs is 2. The molecule has 17 heavy (non-hydrogen) atoms. The van der Waals surface area contributed by atoms with E-state index in [1.165, 1.54) is 19.3 Å². The van der Waals surface area contributed by atoms with Gasteiger partial charge in [-0.1, -0.05) is 27.7 Å². The minimum Gasteiger partial charge on any atom is -0.353 e. The molecule has 2 rings (SSSR count). The summed E-state index contributed by atoms with van der Waals surface area (Å²) in [5, 5.41) is 3.09. The van der Waals surface area contributed by atoms with E-state index in [4.69, 9.17) is 0 Å². The van der Waals surface area contributed by atoms with Crippen LogP contribution in [-0.4, -0.2) is 11.9 Å². The van der Waals surface area contributed by atoms with E-state index >= 15 is 0 Å². The van der Waals surface area contributed by atoms with Crippen molar-refractivity contribution < 1.29 is 4.79 Å². The Kier molecular flexibility index (Phi) is 2.65. The second kappa shape index (κ2) is 3.49. The van der Waals surface area contributed by atoms with Crippen LogP contribution in [0, 0.1) is 16.2 Å². The first kappa shape index (κ1) is 12.9. The van der Waals surface area contributed by atoms with Gasteiger partial charge in [-0.2, -0.15) is 0 Å². The smallest absolute Gasteiger partial charge is 0.207 e. The molecule has 2 nitrogen and oxygen atoms in total. The van der Waals surface area contributed by atoms with Crippen LogP contribution in [0.5, 0.6) is 0 Å². The summed E-state index contributed by atoms with van der Waals surface area (Å²) in [6.07, 6.45) is 7.02. The standard InChI is InChI=1S/C15H27NO/c1-12(2)6-13(3)8-14(4,7-12)10-15(5,9-13)16-11-17/h11H,6-10H2,1-5H3,(H,16,17). The summed E-state index contributed by atoms with van der Waals surface area (Å²) in [4.78, 5) is 10.8. The maximum absolute atomic E-state index is 10.8. The van der Waals surface area contributed by atoms with Gasteiger partial charge in [0.2, 0.25) is 6.41 Å². The van der Waals surface area contributed by atoms with Crippen LogP contribution in [-0.2, 0) is 4.79 Å². The maximum Gasteiger partial charge on any atom is 0.207 e. The fourth-order valence-electron chi connectivity index (χ4n) is 5.97. The molecule has 1 N–H and O–H groups in total. The lowest BCUT2D eigenvalue weighted by Gasteiger charge is -2.60. The molecule has 0 heterocycles. The minimum atomic E-state index is 0. The van der Waals surface area contributed by atoms with Crippen molar-refractivity contribution in [2.45, 2.75) is 72.3 Å². The molecular formula is C15H27NO. The highest BCUT2D eigenvalue weighted by molar-refractivity contribution is 5.48. The molecule has 2 fully saturated rings. The molecule has 0 spiro atoms. The van der Waals surface area contributed by atoms with E-state index < -0.39 is 0 Å². The van der Waals surface area contributed by atoms with Gasteiger partial charge in [0.1, 0.15) is 0 Å². The van der Waals surface area contributed by atoms with Crippen molar-refractivity contribution in [3.63, 3.8) is 0 Å². The normalized spacial score (nSPS) is 48.5. The van der Waals surface area contributed by atoms with Crippen LogP contribution in [0.25, 0.3) is 0 Å². The van der Waals surface area contributed by atoms with Crippen LogP contribution in [0.15, 0.2) is 0 Å². The number of carbonyl (C=O) groups is 1. The first-order valence-electron chi connectivity index (χ1n) is 6.81. The molecule has 0 aromatic rings. The van der Waals surface area contributed by atoms with Crippen molar-refractivity contribution in [1.82, 2.24) is 5.32 Å². The van der Waals surface area contributed by atoms with E-state index in [1.807, 2.05) is 0 Å². The molecule has 2 unspecified atom stereocenters. The van der Waals surface area contributed by atoms with E-state index in [2.05, 4.69) is 39.9 Å². The van der Waals surface area contributed by atoms with Crippen LogP contribution in [0.4, 0.5) is 0 Å². The second-order valence-electron chi connectivity index (χ2n) is 8.49. The molecule has 0 saturated heterocycles. The monoisotopic (exact) mass is 237 g/mol. The molecule has 0 radical (unpaired) electrons. The summed E-state index contributed by atoms with van der Waals surface area (Å²) >= 11 is 0. The van der Waals surface area contributed by atoms with Gasteiger partial charge in [-0.3, -0.25) is 4.79 Å². The maximum atomic E-state index is 10.8. The summed E-state index contributed by atoms with van der Waals surface area (Å²) in [6, 6.07) is 0. The second-order valence-corrected chi connectivity index (χ2v) is 8.49. The lowest BCUT2D eigenvalue weighted by atomic mass is 9.46. The van der Waals surface area contributed by atoms with E-state index in [9.17, 15) is 4.79 Å². The van der Waals surface area contributed by atoms with Crippen LogP contribution >= 0.6 is 0 Å². The van der Waals surface area contributed by atoms with Gasteiger partial charge in [0.15, 0.2) is 0 Å². The minimum absolute atomic E-state index is 0. The van der Waals surface area contributed by atoms with E-state index in [0.29, 0.717) is 16.2 Å². The van der Waals surface area contributed by atoms with Crippen LogP contribution < -0.4 is 5.32 Å². The number of rotatable bonds is 2. The molecule has 98 valence electrons. The van der Waals surface area contributed by atoms with E-state index in [0.717, 1.165) is 19.3 Å². The predicted molar refractivity (Wildman–Crippen MR) is 70.7 cm³/mol. The third-order valence-electron chi connectivity index (χ3n) is 4.71. The Morgan fingerprint density at radius 3 is 1.71 bits per heavy atom. The van der Waals surface area contributed by atoms with Crippen LogP contribution in [0.3, 0.4) is 0 Å². The first-order chi connectivity index (χ1) is 7.60. The van der Waals surface area contributed by atoms with Gasteiger partial charge in [-0.25, -0.2) is 0 Å². The third-order valence-corrected chi connectivity index (χ3v) is 4.71. The van der Waals surface area contributed by atoms with Crippen molar-refractivity contribution in [1.29, 1.82) is 0 Å². The number of carbonyl (C=O) groups excluding carboxylic acids is 1. The van der Waals surface area contributed by atoms with Gasteiger partial charge >= 0.3 is 0 Å². The molecule has 1 amide bonds. The lowest BCUT2D eigenvalue weighted by Crippen LogP contribution is -2.57. The lowest BCUT2D eigenvalue weighted by molar-refractivity contribution is -0.116. The van der Waals surface area contributed by atoms with Crippen molar-refractivity contribution in [3.05, 3.63) is 0 Å². The van der Waals surface area contributed by atoms with Crippen molar-refractivity contribution in [2.24, 2.45) is 16.2 Å².